The first kappa shape index (κ1) is 13.9. The molecular formula is C18H17N3O2. The summed E-state index contributed by atoms with van der Waals surface area (Å²) in [7, 11) is 0. The molecular weight excluding hydrogens is 290 g/mol. The van der Waals surface area contributed by atoms with Crippen molar-refractivity contribution in [3.05, 3.63) is 75.6 Å². The third-order valence-corrected chi connectivity index (χ3v) is 4.93. The van der Waals surface area contributed by atoms with Crippen LogP contribution in [0.1, 0.15) is 35.1 Å². The van der Waals surface area contributed by atoms with Gasteiger partial charge in [-0.25, -0.2) is 0 Å². The first-order chi connectivity index (χ1) is 11.1. The predicted molar refractivity (Wildman–Crippen MR) is 88.4 cm³/mol. The van der Waals surface area contributed by atoms with Crippen LogP contribution in [0.3, 0.4) is 0 Å². The van der Waals surface area contributed by atoms with Crippen LogP contribution in [0.5, 0.6) is 0 Å². The smallest absolute Gasteiger partial charge is 0.270 e. The standard InChI is InChI=1S/C18H17N3O2/c1-11-9-13(21(22)23)10-16-14-3-2-4-15(14)18(20-17(11)16)12-5-7-19-8-6-12/h2-3,5-10,14-15,18,20H,4H2,1H3/t14-,15+,18-/m1/s1. The largest absolute Gasteiger partial charge is 0.377 e. The highest BCUT2D eigenvalue weighted by atomic mass is 16.6. The quantitative estimate of drug-likeness (QED) is 0.514. The topological polar surface area (TPSA) is 68.1 Å². The zero-order valence-corrected chi connectivity index (χ0v) is 12.8. The van der Waals surface area contributed by atoms with E-state index in [0.29, 0.717) is 5.92 Å². The van der Waals surface area contributed by atoms with E-state index in [1.54, 1.807) is 12.1 Å². The highest BCUT2D eigenvalue weighted by Crippen LogP contribution is 2.51. The second-order valence-electron chi connectivity index (χ2n) is 6.24. The Kier molecular flexibility index (Phi) is 3.15. The number of non-ortho nitro benzene ring substituents is 1. The molecule has 0 bridgehead atoms. The molecule has 1 aromatic heterocycles. The Morgan fingerprint density at radius 1 is 1.30 bits per heavy atom. The number of fused-ring (bicyclic) bond motifs is 3. The summed E-state index contributed by atoms with van der Waals surface area (Å²) in [6.45, 7) is 1.93. The maximum atomic E-state index is 11.2. The molecule has 4 rings (SSSR count). The summed E-state index contributed by atoms with van der Waals surface area (Å²) in [5.74, 6) is 0.606. The van der Waals surface area contributed by atoms with Crippen LogP contribution in [0.25, 0.3) is 0 Å². The van der Waals surface area contributed by atoms with Crippen molar-refractivity contribution in [2.75, 3.05) is 5.32 Å². The van der Waals surface area contributed by atoms with Gasteiger partial charge in [-0.2, -0.15) is 0 Å². The van der Waals surface area contributed by atoms with Gasteiger partial charge in [-0.05, 0) is 48.1 Å². The first-order valence-electron chi connectivity index (χ1n) is 7.77. The van der Waals surface area contributed by atoms with Crippen LogP contribution in [0, 0.1) is 23.0 Å². The number of allylic oxidation sites excluding steroid dienone is 2. The minimum atomic E-state index is -0.310. The minimum absolute atomic E-state index is 0.171. The van der Waals surface area contributed by atoms with Crippen LogP contribution in [0.2, 0.25) is 0 Å². The number of aromatic nitrogens is 1. The number of nitrogens with zero attached hydrogens (tertiary/aromatic N) is 2. The average molecular weight is 307 g/mol. The van der Waals surface area contributed by atoms with Crippen molar-refractivity contribution >= 4 is 11.4 Å². The van der Waals surface area contributed by atoms with E-state index in [-0.39, 0.29) is 22.6 Å². The molecule has 116 valence electrons. The number of hydrogen-bond acceptors (Lipinski definition) is 4. The van der Waals surface area contributed by atoms with Crippen molar-refractivity contribution in [3.63, 3.8) is 0 Å². The lowest BCUT2D eigenvalue weighted by Gasteiger charge is -2.38. The molecule has 3 atom stereocenters. The molecule has 0 spiro atoms. The third kappa shape index (κ3) is 2.20. The van der Waals surface area contributed by atoms with Crippen molar-refractivity contribution in [1.29, 1.82) is 0 Å². The molecule has 2 heterocycles. The highest BCUT2D eigenvalue weighted by molar-refractivity contribution is 5.67. The molecule has 0 unspecified atom stereocenters. The molecule has 2 aliphatic rings. The summed E-state index contributed by atoms with van der Waals surface area (Å²) < 4.78 is 0. The van der Waals surface area contributed by atoms with Crippen molar-refractivity contribution in [2.24, 2.45) is 5.92 Å². The van der Waals surface area contributed by atoms with Crippen LogP contribution in [-0.4, -0.2) is 9.91 Å². The molecule has 2 aromatic rings. The molecule has 0 radical (unpaired) electrons. The second kappa shape index (κ2) is 5.19. The van der Waals surface area contributed by atoms with Gasteiger partial charge in [-0.3, -0.25) is 15.1 Å². The van der Waals surface area contributed by atoms with Crippen LogP contribution in [0.15, 0.2) is 48.8 Å². The monoisotopic (exact) mass is 307 g/mol. The Labute approximate surface area is 134 Å². The van der Waals surface area contributed by atoms with E-state index >= 15 is 0 Å². The number of aryl methyl sites for hydroxylation is 1. The van der Waals surface area contributed by atoms with E-state index < -0.39 is 0 Å². The summed E-state index contributed by atoms with van der Waals surface area (Å²) in [6.07, 6.45) is 8.99. The van der Waals surface area contributed by atoms with E-state index in [0.717, 1.165) is 23.2 Å². The maximum absolute atomic E-state index is 11.2. The van der Waals surface area contributed by atoms with Crippen LogP contribution >= 0.6 is 0 Å². The van der Waals surface area contributed by atoms with Crippen molar-refractivity contribution < 1.29 is 4.92 Å². The number of nitrogens with one attached hydrogen (secondary N) is 1. The van der Waals surface area contributed by atoms with E-state index in [2.05, 4.69) is 22.5 Å². The Balaban J connectivity index is 1.84. The third-order valence-electron chi connectivity index (χ3n) is 4.93. The maximum Gasteiger partial charge on any atom is 0.270 e. The lowest BCUT2D eigenvalue weighted by molar-refractivity contribution is -0.385. The van der Waals surface area contributed by atoms with Gasteiger partial charge in [0.1, 0.15) is 0 Å². The number of benzene rings is 1. The number of anilines is 1. The average Bonchev–Trinajstić information content (AvgIpc) is 3.04. The molecule has 0 fully saturated rings. The summed E-state index contributed by atoms with van der Waals surface area (Å²) in [4.78, 5) is 15.0. The van der Waals surface area contributed by atoms with Crippen molar-refractivity contribution in [3.8, 4) is 0 Å². The molecule has 1 aliphatic carbocycles. The summed E-state index contributed by atoms with van der Waals surface area (Å²) in [6, 6.07) is 7.66. The molecule has 1 N–H and O–H groups in total. The highest BCUT2D eigenvalue weighted by Gasteiger charge is 2.39. The summed E-state index contributed by atoms with van der Waals surface area (Å²) in [5.41, 5.74) is 4.38. The van der Waals surface area contributed by atoms with Gasteiger partial charge < -0.3 is 5.32 Å². The Morgan fingerprint density at radius 2 is 2.09 bits per heavy atom. The van der Waals surface area contributed by atoms with Gasteiger partial charge in [0, 0.05) is 36.1 Å². The van der Waals surface area contributed by atoms with E-state index in [9.17, 15) is 10.1 Å². The minimum Gasteiger partial charge on any atom is -0.377 e. The zero-order valence-electron chi connectivity index (χ0n) is 12.8. The van der Waals surface area contributed by atoms with E-state index in [1.165, 1.54) is 5.56 Å². The number of hydrogen-bond donors (Lipinski definition) is 1. The van der Waals surface area contributed by atoms with Gasteiger partial charge in [0.05, 0.1) is 11.0 Å². The van der Waals surface area contributed by atoms with E-state index in [1.807, 2.05) is 31.5 Å². The van der Waals surface area contributed by atoms with Crippen LogP contribution in [-0.2, 0) is 0 Å². The van der Waals surface area contributed by atoms with Gasteiger partial charge in [0.25, 0.3) is 5.69 Å². The van der Waals surface area contributed by atoms with Crippen molar-refractivity contribution in [2.45, 2.75) is 25.3 Å². The lowest BCUT2D eigenvalue weighted by atomic mass is 9.76. The van der Waals surface area contributed by atoms with E-state index in [4.69, 9.17) is 0 Å². The number of nitro benzene ring substituents is 1. The molecule has 1 aliphatic heterocycles. The fourth-order valence-corrected chi connectivity index (χ4v) is 3.87. The molecule has 5 heteroatoms. The first-order valence-corrected chi connectivity index (χ1v) is 7.77. The molecule has 23 heavy (non-hydrogen) atoms. The Morgan fingerprint density at radius 3 is 2.83 bits per heavy atom. The van der Waals surface area contributed by atoms with Gasteiger partial charge in [-0.1, -0.05) is 12.2 Å². The normalized spacial score (nSPS) is 24.7. The number of nitro groups is 1. The lowest BCUT2D eigenvalue weighted by Crippen LogP contribution is -2.29. The molecule has 1 aromatic carbocycles. The van der Waals surface area contributed by atoms with Gasteiger partial charge in [-0.15, -0.1) is 0 Å². The summed E-state index contributed by atoms with van der Waals surface area (Å²) >= 11 is 0. The second-order valence-corrected chi connectivity index (χ2v) is 6.24. The Hall–Kier alpha value is -2.69. The number of rotatable bonds is 2. The zero-order chi connectivity index (χ0) is 16.0. The fraction of sp³-hybridized carbons (Fsp3) is 0.278. The molecule has 0 saturated heterocycles. The van der Waals surface area contributed by atoms with Crippen LogP contribution < -0.4 is 5.32 Å². The van der Waals surface area contributed by atoms with Gasteiger partial charge in [0.15, 0.2) is 0 Å². The fourth-order valence-electron chi connectivity index (χ4n) is 3.87. The molecule has 0 amide bonds. The van der Waals surface area contributed by atoms with Gasteiger partial charge in [0.2, 0.25) is 0 Å². The SMILES string of the molecule is Cc1cc([N+](=O)[O-])cc2c1N[C@H](c1ccncc1)[C@H]1CC=C[C@@H]21. The number of pyridine rings is 1. The van der Waals surface area contributed by atoms with Gasteiger partial charge >= 0.3 is 0 Å². The van der Waals surface area contributed by atoms with Crippen molar-refractivity contribution in [1.82, 2.24) is 4.98 Å². The predicted octanol–water partition coefficient (Wildman–Crippen LogP) is 4.12. The summed E-state index contributed by atoms with van der Waals surface area (Å²) in [5, 5.41) is 14.8. The molecule has 5 nitrogen and oxygen atoms in total. The molecule has 0 saturated carbocycles. The van der Waals surface area contributed by atoms with Crippen LogP contribution in [0.4, 0.5) is 11.4 Å². The Bertz CT molecular complexity index is 801.